The molecule has 4 nitrogen and oxygen atoms in total. The second-order valence-corrected chi connectivity index (χ2v) is 5.07. The van der Waals surface area contributed by atoms with Crippen LogP contribution in [0.4, 0.5) is 0 Å². The largest absolute Gasteiger partial charge is 0.396 e. The van der Waals surface area contributed by atoms with Gasteiger partial charge in [0.25, 0.3) is 0 Å². The van der Waals surface area contributed by atoms with E-state index in [4.69, 9.17) is 15.6 Å². The van der Waals surface area contributed by atoms with E-state index in [0.717, 1.165) is 38.8 Å². The highest BCUT2D eigenvalue weighted by atomic mass is 16.5. The van der Waals surface area contributed by atoms with E-state index in [9.17, 15) is 0 Å². The van der Waals surface area contributed by atoms with Crippen molar-refractivity contribution in [1.29, 1.82) is 0 Å². The van der Waals surface area contributed by atoms with E-state index in [2.05, 4.69) is 19.2 Å². The normalized spacial score (nSPS) is 35.2. The summed E-state index contributed by atoms with van der Waals surface area (Å²) in [4.78, 5) is 0. The molecule has 2 atom stereocenters. The molecule has 4 heteroatoms. The Morgan fingerprint density at radius 3 is 2.81 bits per heavy atom. The van der Waals surface area contributed by atoms with Gasteiger partial charge in [0.2, 0.25) is 0 Å². The predicted octanol–water partition coefficient (Wildman–Crippen LogP) is 0.635. The molecule has 0 spiro atoms. The van der Waals surface area contributed by atoms with Gasteiger partial charge in [-0.05, 0) is 39.2 Å². The lowest BCUT2D eigenvalue weighted by molar-refractivity contribution is -0.0994. The number of nitrogens with two attached hydrogens (primary N) is 1. The highest BCUT2D eigenvalue weighted by molar-refractivity contribution is 4.98. The van der Waals surface area contributed by atoms with Crippen LogP contribution >= 0.6 is 0 Å². The lowest BCUT2D eigenvalue weighted by atomic mass is 9.79. The van der Waals surface area contributed by atoms with E-state index >= 15 is 0 Å². The Kier molecular flexibility index (Phi) is 5.18. The average Bonchev–Trinajstić information content (AvgIpc) is 2.30. The number of hydrogen-bond acceptors (Lipinski definition) is 4. The molecule has 1 rings (SSSR count). The van der Waals surface area contributed by atoms with Gasteiger partial charge in [0.1, 0.15) is 0 Å². The summed E-state index contributed by atoms with van der Waals surface area (Å²) >= 11 is 0. The Labute approximate surface area is 98.5 Å². The summed E-state index contributed by atoms with van der Waals surface area (Å²) < 4.78 is 5.83. The van der Waals surface area contributed by atoms with Gasteiger partial charge in [-0.15, -0.1) is 0 Å². The minimum Gasteiger partial charge on any atom is -0.396 e. The summed E-state index contributed by atoms with van der Waals surface area (Å²) in [6.45, 7) is 6.78. The van der Waals surface area contributed by atoms with Crippen LogP contribution in [0.25, 0.3) is 0 Å². The quantitative estimate of drug-likeness (QED) is 0.586. The first kappa shape index (κ1) is 13.9. The molecule has 0 aromatic carbocycles. The van der Waals surface area contributed by atoms with Crippen LogP contribution in [-0.2, 0) is 4.74 Å². The van der Waals surface area contributed by atoms with E-state index in [1.165, 1.54) is 0 Å². The number of nitrogens with one attached hydrogen (secondary N) is 1. The van der Waals surface area contributed by atoms with Crippen LogP contribution in [0, 0.1) is 0 Å². The summed E-state index contributed by atoms with van der Waals surface area (Å²) in [5.74, 6) is 0. The first-order valence-electron chi connectivity index (χ1n) is 6.30. The maximum absolute atomic E-state index is 8.81. The number of rotatable bonds is 6. The molecule has 0 saturated carbocycles. The van der Waals surface area contributed by atoms with Crippen LogP contribution in [0.3, 0.4) is 0 Å². The lowest BCUT2D eigenvalue weighted by Crippen LogP contribution is -2.59. The summed E-state index contributed by atoms with van der Waals surface area (Å²) in [6, 6.07) is 0. The van der Waals surface area contributed by atoms with Gasteiger partial charge >= 0.3 is 0 Å². The molecule has 0 aliphatic carbocycles. The van der Waals surface area contributed by atoms with Crippen molar-refractivity contribution in [3.8, 4) is 0 Å². The van der Waals surface area contributed by atoms with Gasteiger partial charge in [-0.1, -0.05) is 6.92 Å². The maximum Gasteiger partial charge on any atom is 0.0670 e. The fourth-order valence-corrected chi connectivity index (χ4v) is 2.40. The summed E-state index contributed by atoms with van der Waals surface area (Å²) in [5, 5.41) is 12.3. The molecule has 0 aromatic heterocycles. The van der Waals surface area contributed by atoms with Crippen molar-refractivity contribution in [2.75, 3.05) is 26.3 Å². The molecule has 1 aliphatic rings. The van der Waals surface area contributed by atoms with E-state index in [1.807, 2.05) is 0 Å². The van der Waals surface area contributed by atoms with Crippen LogP contribution in [0.15, 0.2) is 0 Å². The minimum absolute atomic E-state index is 0.00181. The average molecular weight is 230 g/mol. The molecule has 0 bridgehead atoms. The van der Waals surface area contributed by atoms with Crippen molar-refractivity contribution < 1.29 is 9.84 Å². The highest BCUT2D eigenvalue weighted by Gasteiger charge is 2.40. The minimum atomic E-state index is -0.0518. The molecule has 2 unspecified atom stereocenters. The molecule has 0 radical (unpaired) electrons. The SMILES string of the molecule is CCC1(C)CC(CN)(NCCCO)CCO1. The molecule has 1 heterocycles. The Bertz CT molecular complexity index is 213. The van der Waals surface area contributed by atoms with Crippen molar-refractivity contribution >= 4 is 0 Å². The van der Waals surface area contributed by atoms with Crippen LogP contribution in [0.5, 0.6) is 0 Å². The molecule has 1 aliphatic heterocycles. The van der Waals surface area contributed by atoms with Gasteiger partial charge in [0, 0.05) is 25.3 Å². The van der Waals surface area contributed by atoms with Gasteiger partial charge in [0.15, 0.2) is 0 Å². The van der Waals surface area contributed by atoms with Crippen LogP contribution < -0.4 is 11.1 Å². The fraction of sp³-hybridized carbons (Fsp3) is 1.00. The first-order chi connectivity index (χ1) is 7.60. The summed E-state index contributed by atoms with van der Waals surface area (Å²) in [5.41, 5.74) is 5.86. The maximum atomic E-state index is 8.81. The first-order valence-corrected chi connectivity index (χ1v) is 6.30. The molecule has 0 amide bonds. The molecule has 0 aromatic rings. The zero-order valence-corrected chi connectivity index (χ0v) is 10.6. The van der Waals surface area contributed by atoms with Crippen LogP contribution in [-0.4, -0.2) is 42.5 Å². The zero-order chi connectivity index (χ0) is 12.1. The molecule has 1 saturated heterocycles. The van der Waals surface area contributed by atoms with Crippen molar-refractivity contribution in [2.24, 2.45) is 5.73 Å². The second kappa shape index (κ2) is 5.96. The van der Waals surface area contributed by atoms with E-state index in [-0.39, 0.29) is 17.7 Å². The van der Waals surface area contributed by atoms with Gasteiger partial charge in [-0.25, -0.2) is 0 Å². The van der Waals surface area contributed by atoms with Crippen LogP contribution in [0.1, 0.15) is 39.5 Å². The molecule has 4 N–H and O–H groups in total. The topological polar surface area (TPSA) is 67.5 Å². The van der Waals surface area contributed by atoms with Crippen molar-refractivity contribution in [1.82, 2.24) is 5.32 Å². The van der Waals surface area contributed by atoms with E-state index in [0.29, 0.717) is 6.54 Å². The lowest BCUT2D eigenvalue weighted by Gasteiger charge is -2.46. The Morgan fingerprint density at radius 2 is 2.25 bits per heavy atom. The third-order valence-electron chi connectivity index (χ3n) is 3.72. The number of hydrogen-bond donors (Lipinski definition) is 3. The Hall–Kier alpha value is -0.160. The smallest absolute Gasteiger partial charge is 0.0670 e. The highest BCUT2D eigenvalue weighted by Crippen LogP contribution is 2.33. The number of aliphatic hydroxyl groups is 1. The molecular formula is C12H26N2O2. The van der Waals surface area contributed by atoms with Gasteiger partial charge in [0.05, 0.1) is 5.60 Å². The molecule has 96 valence electrons. The third-order valence-corrected chi connectivity index (χ3v) is 3.72. The van der Waals surface area contributed by atoms with Crippen molar-refractivity contribution in [3.63, 3.8) is 0 Å². The second-order valence-electron chi connectivity index (χ2n) is 5.07. The fourth-order valence-electron chi connectivity index (χ4n) is 2.40. The third kappa shape index (κ3) is 3.42. The monoisotopic (exact) mass is 230 g/mol. The molecular weight excluding hydrogens is 204 g/mol. The Balaban J connectivity index is 2.56. The Morgan fingerprint density at radius 1 is 1.50 bits per heavy atom. The summed E-state index contributed by atoms with van der Waals surface area (Å²) in [6.07, 6.45) is 3.71. The van der Waals surface area contributed by atoms with Crippen LogP contribution in [0.2, 0.25) is 0 Å². The number of aliphatic hydroxyl groups excluding tert-OH is 1. The van der Waals surface area contributed by atoms with Gasteiger partial charge in [-0.2, -0.15) is 0 Å². The van der Waals surface area contributed by atoms with E-state index < -0.39 is 0 Å². The van der Waals surface area contributed by atoms with Gasteiger partial charge < -0.3 is 20.9 Å². The number of ether oxygens (including phenoxy) is 1. The molecule has 16 heavy (non-hydrogen) atoms. The van der Waals surface area contributed by atoms with Crippen molar-refractivity contribution in [2.45, 2.75) is 50.7 Å². The van der Waals surface area contributed by atoms with E-state index in [1.54, 1.807) is 0 Å². The summed E-state index contributed by atoms with van der Waals surface area (Å²) in [7, 11) is 0. The molecule has 1 fully saturated rings. The zero-order valence-electron chi connectivity index (χ0n) is 10.6. The predicted molar refractivity (Wildman–Crippen MR) is 65.4 cm³/mol. The standard InChI is InChI=1S/C12H26N2O2/c1-3-11(2)9-12(10-13,5-8-16-11)14-6-4-7-15/h14-15H,3-10,13H2,1-2H3. The van der Waals surface area contributed by atoms with Crippen molar-refractivity contribution in [3.05, 3.63) is 0 Å². The van der Waals surface area contributed by atoms with Gasteiger partial charge in [-0.3, -0.25) is 0 Å².